The maximum atomic E-state index is 7.18. The predicted molar refractivity (Wildman–Crippen MR) is 52.5 cm³/mol. The molecule has 0 aromatic rings. The van der Waals surface area contributed by atoms with Crippen LogP contribution in [0.1, 0.15) is 12.8 Å². The van der Waals surface area contributed by atoms with Crippen molar-refractivity contribution in [1.29, 1.82) is 5.41 Å². The summed E-state index contributed by atoms with van der Waals surface area (Å²) in [6, 6.07) is 0. The fourth-order valence-electron chi connectivity index (χ4n) is 1.41. The van der Waals surface area contributed by atoms with Gasteiger partial charge in [-0.05, 0) is 25.3 Å². The fraction of sp³-hybridized carbons (Fsp3) is 0.857. The third-order valence-electron chi connectivity index (χ3n) is 2.29. The molecule has 4 nitrogen and oxygen atoms in total. The Morgan fingerprint density at radius 1 is 1.42 bits per heavy atom. The average molecular weight is 193 g/mol. The molecule has 1 heterocycles. The second-order valence-corrected chi connectivity index (χ2v) is 3.05. The van der Waals surface area contributed by atoms with Gasteiger partial charge in [0.25, 0.3) is 0 Å². The van der Waals surface area contributed by atoms with E-state index in [1.807, 2.05) is 4.90 Å². The first-order valence-corrected chi connectivity index (χ1v) is 4.03. The van der Waals surface area contributed by atoms with Crippen molar-refractivity contribution >= 4 is 18.4 Å². The Balaban J connectivity index is 0.00000121. The lowest BCUT2D eigenvalue weighted by molar-refractivity contribution is 0.268. The molecule has 0 aromatic carbocycles. The summed E-state index contributed by atoms with van der Waals surface area (Å²) in [5, 5.41) is 7.18. The smallest absolute Gasteiger partial charge is 0.188 e. The van der Waals surface area contributed by atoms with E-state index in [1.54, 1.807) is 0 Å². The van der Waals surface area contributed by atoms with Gasteiger partial charge in [0.2, 0.25) is 0 Å². The highest BCUT2D eigenvalue weighted by molar-refractivity contribution is 5.85. The van der Waals surface area contributed by atoms with Crippen molar-refractivity contribution in [3.8, 4) is 0 Å². The fourth-order valence-corrected chi connectivity index (χ4v) is 1.41. The predicted octanol–water partition coefficient (Wildman–Crippen LogP) is -0.0276. The summed E-state index contributed by atoms with van der Waals surface area (Å²) in [5.41, 5.74) is 10.9. The average Bonchev–Trinajstić information content (AvgIpc) is 2.05. The van der Waals surface area contributed by atoms with E-state index in [0.717, 1.165) is 32.5 Å². The molecule has 0 aromatic heterocycles. The number of hydrogen-bond acceptors (Lipinski definition) is 2. The van der Waals surface area contributed by atoms with Crippen LogP contribution >= 0.6 is 12.4 Å². The number of guanidine groups is 1. The molecular formula is C7H17ClN4. The molecule has 1 fully saturated rings. The summed E-state index contributed by atoms with van der Waals surface area (Å²) >= 11 is 0. The highest BCUT2D eigenvalue weighted by Crippen LogP contribution is 2.14. The summed E-state index contributed by atoms with van der Waals surface area (Å²) in [6.07, 6.45) is 2.16. The Hall–Kier alpha value is -0.480. The zero-order valence-electron chi connectivity index (χ0n) is 7.12. The SMILES string of the molecule is Cl.N=C(N)N1CCC(CN)CC1. The van der Waals surface area contributed by atoms with Crippen LogP contribution in [-0.4, -0.2) is 30.5 Å². The van der Waals surface area contributed by atoms with E-state index in [0.29, 0.717) is 5.92 Å². The van der Waals surface area contributed by atoms with Gasteiger partial charge in [-0.15, -0.1) is 12.4 Å². The number of likely N-dealkylation sites (tertiary alicyclic amines) is 1. The van der Waals surface area contributed by atoms with Crippen molar-refractivity contribution in [3.05, 3.63) is 0 Å². The summed E-state index contributed by atoms with van der Waals surface area (Å²) in [5.74, 6) is 0.839. The lowest BCUT2D eigenvalue weighted by Gasteiger charge is -2.31. The van der Waals surface area contributed by atoms with Gasteiger partial charge in [-0.2, -0.15) is 0 Å². The van der Waals surface area contributed by atoms with Crippen LogP contribution in [0.2, 0.25) is 0 Å². The molecule has 0 aliphatic carbocycles. The molecule has 0 radical (unpaired) electrons. The molecular weight excluding hydrogens is 176 g/mol. The molecule has 0 spiro atoms. The molecule has 5 N–H and O–H groups in total. The number of halogens is 1. The largest absolute Gasteiger partial charge is 0.370 e. The molecule has 0 bridgehead atoms. The summed E-state index contributed by atoms with van der Waals surface area (Å²) < 4.78 is 0. The second kappa shape index (κ2) is 5.22. The molecule has 1 rings (SSSR count). The molecule has 72 valence electrons. The van der Waals surface area contributed by atoms with Crippen molar-refractivity contribution in [2.75, 3.05) is 19.6 Å². The van der Waals surface area contributed by atoms with Crippen LogP contribution in [0, 0.1) is 11.3 Å². The Bertz CT molecular complexity index is 142. The lowest BCUT2D eigenvalue weighted by atomic mass is 9.97. The molecule has 0 atom stereocenters. The first-order valence-electron chi connectivity index (χ1n) is 4.03. The maximum Gasteiger partial charge on any atom is 0.188 e. The quantitative estimate of drug-likeness (QED) is 0.403. The van der Waals surface area contributed by atoms with Gasteiger partial charge in [0.1, 0.15) is 0 Å². The monoisotopic (exact) mass is 192 g/mol. The number of nitrogens with zero attached hydrogens (tertiary/aromatic N) is 1. The highest BCUT2D eigenvalue weighted by atomic mass is 35.5. The van der Waals surface area contributed by atoms with Gasteiger partial charge in [-0.3, -0.25) is 5.41 Å². The summed E-state index contributed by atoms with van der Waals surface area (Å²) in [7, 11) is 0. The van der Waals surface area contributed by atoms with Crippen LogP contribution in [0.3, 0.4) is 0 Å². The Morgan fingerprint density at radius 3 is 2.25 bits per heavy atom. The lowest BCUT2D eigenvalue weighted by Crippen LogP contribution is -2.43. The minimum Gasteiger partial charge on any atom is -0.370 e. The number of nitrogens with two attached hydrogens (primary N) is 2. The van der Waals surface area contributed by atoms with Crippen LogP contribution in [0.15, 0.2) is 0 Å². The van der Waals surface area contributed by atoms with E-state index in [2.05, 4.69) is 0 Å². The molecule has 1 aliphatic rings. The van der Waals surface area contributed by atoms with Crippen LogP contribution in [0.4, 0.5) is 0 Å². The number of rotatable bonds is 1. The van der Waals surface area contributed by atoms with Crippen molar-refractivity contribution in [3.63, 3.8) is 0 Å². The van der Waals surface area contributed by atoms with Crippen molar-refractivity contribution in [1.82, 2.24) is 4.90 Å². The van der Waals surface area contributed by atoms with E-state index in [9.17, 15) is 0 Å². The molecule has 0 saturated carbocycles. The van der Waals surface area contributed by atoms with Crippen LogP contribution in [0.5, 0.6) is 0 Å². The van der Waals surface area contributed by atoms with Gasteiger partial charge in [-0.25, -0.2) is 0 Å². The van der Waals surface area contributed by atoms with Crippen LogP contribution in [-0.2, 0) is 0 Å². The van der Waals surface area contributed by atoms with Gasteiger partial charge in [0, 0.05) is 13.1 Å². The van der Waals surface area contributed by atoms with Gasteiger partial charge < -0.3 is 16.4 Å². The zero-order valence-corrected chi connectivity index (χ0v) is 7.94. The Kier molecular flexibility index (Phi) is 5.01. The van der Waals surface area contributed by atoms with Gasteiger partial charge in [0.15, 0.2) is 5.96 Å². The number of nitrogens with one attached hydrogen (secondary N) is 1. The standard InChI is InChI=1S/C7H16N4.ClH/c8-5-6-1-3-11(4-2-6)7(9)10;/h6H,1-5,8H2,(H3,9,10);1H. The molecule has 5 heteroatoms. The minimum absolute atomic E-state index is 0. The molecule has 12 heavy (non-hydrogen) atoms. The third kappa shape index (κ3) is 2.87. The maximum absolute atomic E-state index is 7.18. The normalized spacial score (nSPS) is 18.6. The van der Waals surface area contributed by atoms with E-state index >= 15 is 0 Å². The highest BCUT2D eigenvalue weighted by Gasteiger charge is 2.17. The minimum atomic E-state index is 0. The van der Waals surface area contributed by atoms with E-state index in [4.69, 9.17) is 16.9 Å². The molecule has 1 saturated heterocycles. The summed E-state index contributed by atoms with van der Waals surface area (Å²) in [6.45, 7) is 2.57. The second-order valence-electron chi connectivity index (χ2n) is 3.05. The van der Waals surface area contributed by atoms with Crippen molar-refractivity contribution in [2.24, 2.45) is 17.4 Å². The van der Waals surface area contributed by atoms with Crippen molar-refractivity contribution < 1.29 is 0 Å². The van der Waals surface area contributed by atoms with Gasteiger partial charge in [-0.1, -0.05) is 0 Å². The van der Waals surface area contributed by atoms with Crippen molar-refractivity contribution in [2.45, 2.75) is 12.8 Å². The molecule has 0 amide bonds. The first kappa shape index (κ1) is 11.5. The molecule has 1 aliphatic heterocycles. The third-order valence-corrected chi connectivity index (χ3v) is 2.29. The van der Waals surface area contributed by atoms with E-state index in [-0.39, 0.29) is 18.4 Å². The Labute approximate surface area is 79.2 Å². The van der Waals surface area contributed by atoms with E-state index < -0.39 is 0 Å². The van der Waals surface area contributed by atoms with E-state index in [1.165, 1.54) is 0 Å². The zero-order chi connectivity index (χ0) is 8.27. The molecule has 0 unspecified atom stereocenters. The topological polar surface area (TPSA) is 79.1 Å². The van der Waals surface area contributed by atoms with Gasteiger partial charge in [0.05, 0.1) is 0 Å². The Morgan fingerprint density at radius 2 is 1.92 bits per heavy atom. The number of piperidine rings is 1. The number of hydrogen-bond donors (Lipinski definition) is 3. The first-order chi connectivity index (χ1) is 5.24. The van der Waals surface area contributed by atoms with Crippen LogP contribution < -0.4 is 11.5 Å². The summed E-state index contributed by atoms with van der Waals surface area (Å²) in [4.78, 5) is 1.90. The van der Waals surface area contributed by atoms with Gasteiger partial charge >= 0.3 is 0 Å². The van der Waals surface area contributed by atoms with Crippen LogP contribution in [0.25, 0.3) is 0 Å².